The molecule has 0 saturated heterocycles. The van der Waals surface area contributed by atoms with Crippen LogP contribution in [0.3, 0.4) is 0 Å². The lowest BCUT2D eigenvalue weighted by Gasteiger charge is -2.11. The Hall–Kier alpha value is -2.45. The van der Waals surface area contributed by atoms with Crippen LogP contribution in [0.15, 0.2) is 54.6 Å². The predicted octanol–water partition coefficient (Wildman–Crippen LogP) is 4.34. The zero-order valence-electron chi connectivity index (χ0n) is 11.8. The summed E-state index contributed by atoms with van der Waals surface area (Å²) in [7, 11) is 0. The number of rotatable bonds is 1. The van der Waals surface area contributed by atoms with Crippen molar-refractivity contribution in [1.29, 1.82) is 0 Å². The number of hydrogen-bond acceptors (Lipinski definition) is 2. The van der Waals surface area contributed by atoms with E-state index in [1.807, 2.05) is 18.2 Å². The first-order chi connectivity index (χ1) is 10.3. The first kappa shape index (κ1) is 12.3. The number of aliphatic hydroxyl groups is 1. The molecule has 0 amide bonds. The Bertz CT molecular complexity index is 989. The lowest BCUT2D eigenvalue weighted by Crippen LogP contribution is -1.94. The Morgan fingerprint density at radius 1 is 0.905 bits per heavy atom. The van der Waals surface area contributed by atoms with Crippen molar-refractivity contribution in [2.75, 3.05) is 0 Å². The lowest BCUT2D eigenvalue weighted by molar-refractivity contribution is 0.285. The number of pyridine rings is 1. The quantitative estimate of drug-likeness (QED) is 0.413. The summed E-state index contributed by atoms with van der Waals surface area (Å²) in [6.07, 6.45) is 0. The van der Waals surface area contributed by atoms with Crippen molar-refractivity contribution in [3.63, 3.8) is 0 Å². The summed E-state index contributed by atoms with van der Waals surface area (Å²) in [4.78, 5) is 4.84. The third-order valence-corrected chi connectivity index (χ3v) is 4.09. The molecule has 1 heterocycles. The lowest BCUT2D eigenvalue weighted by atomic mass is 9.98. The second-order valence-corrected chi connectivity index (χ2v) is 5.45. The summed E-state index contributed by atoms with van der Waals surface area (Å²) in [6, 6.07) is 18.6. The fourth-order valence-corrected chi connectivity index (χ4v) is 3.04. The zero-order chi connectivity index (χ0) is 14.4. The molecule has 1 N–H and O–H groups in total. The van der Waals surface area contributed by atoms with E-state index in [1.54, 1.807) is 0 Å². The molecule has 4 rings (SSSR count). The van der Waals surface area contributed by atoms with E-state index in [9.17, 15) is 5.11 Å². The normalized spacial score (nSPS) is 11.5. The SMILES string of the molecule is Cc1ccc2nc3c(ccc4ccccc43)c(CO)c2c1. The van der Waals surface area contributed by atoms with Gasteiger partial charge < -0.3 is 5.11 Å². The third kappa shape index (κ3) is 1.80. The molecule has 4 aromatic rings. The van der Waals surface area contributed by atoms with Crippen LogP contribution in [-0.2, 0) is 6.61 Å². The Balaban J connectivity index is 2.28. The van der Waals surface area contributed by atoms with E-state index < -0.39 is 0 Å². The molecule has 0 aliphatic heterocycles. The number of aromatic nitrogens is 1. The molecule has 0 aliphatic carbocycles. The maximum atomic E-state index is 9.87. The number of hydrogen-bond donors (Lipinski definition) is 1. The number of nitrogens with zero attached hydrogens (tertiary/aromatic N) is 1. The standard InChI is InChI=1S/C19H15NO/c1-12-6-9-18-16(10-12)17(11-21)15-8-7-13-4-2-3-5-14(13)19(15)20-18/h2-10,21H,11H2,1H3. The van der Waals surface area contributed by atoms with Gasteiger partial charge in [0.15, 0.2) is 0 Å². The molecular formula is C19H15NO. The fraction of sp³-hybridized carbons (Fsp3) is 0.105. The van der Waals surface area contributed by atoms with Gasteiger partial charge in [0, 0.05) is 16.2 Å². The van der Waals surface area contributed by atoms with E-state index >= 15 is 0 Å². The number of aliphatic hydroxyl groups excluding tert-OH is 1. The van der Waals surface area contributed by atoms with Crippen molar-refractivity contribution in [1.82, 2.24) is 4.98 Å². The topological polar surface area (TPSA) is 33.1 Å². The highest BCUT2D eigenvalue weighted by molar-refractivity contribution is 6.10. The van der Waals surface area contributed by atoms with E-state index in [0.29, 0.717) is 0 Å². The van der Waals surface area contributed by atoms with Gasteiger partial charge in [-0.1, -0.05) is 48.0 Å². The van der Waals surface area contributed by atoms with Crippen molar-refractivity contribution < 1.29 is 5.11 Å². The van der Waals surface area contributed by atoms with Crippen LogP contribution in [0.2, 0.25) is 0 Å². The summed E-state index contributed by atoms with van der Waals surface area (Å²) >= 11 is 0. The van der Waals surface area contributed by atoms with Crippen molar-refractivity contribution in [2.45, 2.75) is 13.5 Å². The Morgan fingerprint density at radius 3 is 2.62 bits per heavy atom. The average molecular weight is 273 g/mol. The van der Waals surface area contributed by atoms with Crippen molar-refractivity contribution in [2.24, 2.45) is 0 Å². The van der Waals surface area contributed by atoms with E-state index in [-0.39, 0.29) is 6.61 Å². The van der Waals surface area contributed by atoms with Gasteiger partial charge in [-0.25, -0.2) is 4.98 Å². The molecule has 1 aromatic heterocycles. The second-order valence-electron chi connectivity index (χ2n) is 5.45. The summed E-state index contributed by atoms with van der Waals surface area (Å²) < 4.78 is 0. The van der Waals surface area contributed by atoms with Gasteiger partial charge in [-0.05, 0) is 30.0 Å². The summed E-state index contributed by atoms with van der Waals surface area (Å²) in [5, 5.41) is 14.3. The van der Waals surface area contributed by atoms with Crippen LogP contribution in [0, 0.1) is 6.92 Å². The molecule has 21 heavy (non-hydrogen) atoms. The van der Waals surface area contributed by atoms with E-state index in [4.69, 9.17) is 4.98 Å². The third-order valence-electron chi connectivity index (χ3n) is 4.09. The maximum Gasteiger partial charge on any atom is 0.0791 e. The highest BCUT2D eigenvalue weighted by Crippen LogP contribution is 2.31. The van der Waals surface area contributed by atoms with Gasteiger partial charge in [-0.2, -0.15) is 0 Å². The molecule has 0 atom stereocenters. The maximum absolute atomic E-state index is 9.87. The van der Waals surface area contributed by atoms with Gasteiger partial charge in [0.25, 0.3) is 0 Å². The van der Waals surface area contributed by atoms with Gasteiger partial charge >= 0.3 is 0 Å². The molecule has 0 bridgehead atoms. The highest BCUT2D eigenvalue weighted by atomic mass is 16.3. The van der Waals surface area contributed by atoms with E-state index in [2.05, 4.69) is 43.3 Å². The average Bonchev–Trinajstić information content (AvgIpc) is 2.52. The molecule has 2 heteroatoms. The van der Waals surface area contributed by atoms with Crippen LogP contribution in [0.4, 0.5) is 0 Å². The molecule has 0 unspecified atom stereocenters. The van der Waals surface area contributed by atoms with Gasteiger partial charge in [0.05, 0.1) is 17.6 Å². The second kappa shape index (κ2) is 4.54. The first-order valence-electron chi connectivity index (χ1n) is 7.09. The van der Waals surface area contributed by atoms with Gasteiger partial charge in [0.1, 0.15) is 0 Å². The van der Waals surface area contributed by atoms with Crippen molar-refractivity contribution in [3.8, 4) is 0 Å². The van der Waals surface area contributed by atoms with Crippen LogP contribution < -0.4 is 0 Å². The molecule has 2 nitrogen and oxygen atoms in total. The molecule has 0 aliphatic rings. The minimum absolute atomic E-state index is 0.0251. The predicted molar refractivity (Wildman–Crippen MR) is 87.4 cm³/mol. The van der Waals surface area contributed by atoms with Crippen LogP contribution in [-0.4, -0.2) is 10.1 Å². The molecule has 3 aromatic carbocycles. The monoisotopic (exact) mass is 273 g/mol. The van der Waals surface area contributed by atoms with Crippen LogP contribution >= 0.6 is 0 Å². The first-order valence-corrected chi connectivity index (χ1v) is 7.09. The van der Waals surface area contributed by atoms with Crippen molar-refractivity contribution >= 4 is 32.6 Å². The van der Waals surface area contributed by atoms with E-state index in [0.717, 1.165) is 32.8 Å². The molecule has 102 valence electrons. The summed E-state index contributed by atoms with van der Waals surface area (Å²) in [5.41, 5.74) is 4.05. The number of fused-ring (bicyclic) bond motifs is 4. The smallest absolute Gasteiger partial charge is 0.0791 e. The minimum Gasteiger partial charge on any atom is -0.392 e. The Labute approximate surface area is 122 Å². The van der Waals surface area contributed by atoms with Gasteiger partial charge in [-0.3, -0.25) is 0 Å². The number of aryl methyl sites for hydroxylation is 1. The van der Waals surface area contributed by atoms with Gasteiger partial charge in [0.2, 0.25) is 0 Å². The van der Waals surface area contributed by atoms with E-state index in [1.165, 1.54) is 10.9 Å². The molecule has 0 fully saturated rings. The molecule has 0 spiro atoms. The van der Waals surface area contributed by atoms with Crippen molar-refractivity contribution in [3.05, 3.63) is 65.7 Å². The zero-order valence-corrected chi connectivity index (χ0v) is 11.8. The van der Waals surface area contributed by atoms with Gasteiger partial charge in [-0.15, -0.1) is 0 Å². The number of benzene rings is 3. The summed E-state index contributed by atoms with van der Waals surface area (Å²) in [6.45, 7) is 2.09. The fourth-order valence-electron chi connectivity index (χ4n) is 3.04. The molecule has 0 radical (unpaired) electrons. The summed E-state index contributed by atoms with van der Waals surface area (Å²) in [5.74, 6) is 0. The van der Waals surface area contributed by atoms with Crippen LogP contribution in [0.25, 0.3) is 32.6 Å². The largest absolute Gasteiger partial charge is 0.392 e. The Morgan fingerprint density at radius 2 is 1.76 bits per heavy atom. The highest BCUT2D eigenvalue weighted by Gasteiger charge is 2.10. The minimum atomic E-state index is 0.0251. The van der Waals surface area contributed by atoms with Crippen LogP contribution in [0.5, 0.6) is 0 Å². The molecule has 0 saturated carbocycles. The molecular weight excluding hydrogens is 258 g/mol. The Kier molecular flexibility index (Phi) is 2.66. The van der Waals surface area contributed by atoms with Crippen LogP contribution in [0.1, 0.15) is 11.1 Å².